The number of hydrogen-bond acceptors (Lipinski definition) is 1. The molecule has 0 aromatic carbocycles. The Morgan fingerprint density at radius 2 is 2.07 bits per heavy atom. The van der Waals surface area contributed by atoms with Gasteiger partial charge in [-0.3, -0.25) is 4.40 Å². The van der Waals surface area contributed by atoms with Gasteiger partial charge in [0.15, 0.2) is 0 Å². The quantitative estimate of drug-likeness (QED) is 0.703. The number of hydrogen-bond donors (Lipinski definition) is 0. The number of imidazole rings is 1. The lowest BCUT2D eigenvalue weighted by Crippen LogP contribution is -2.12. The van der Waals surface area contributed by atoms with Crippen LogP contribution in [0.5, 0.6) is 0 Å². The summed E-state index contributed by atoms with van der Waals surface area (Å²) in [7, 11) is 0. The summed E-state index contributed by atoms with van der Waals surface area (Å²) in [4.78, 5) is 4.40. The van der Waals surface area contributed by atoms with E-state index in [-0.39, 0.29) is 5.41 Å². The molecule has 0 saturated carbocycles. The average molecular weight is 253 g/mol. The van der Waals surface area contributed by atoms with Crippen LogP contribution in [0.2, 0.25) is 0 Å². The van der Waals surface area contributed by atoms with Crippen molar-refractivity contribution >= 4 is 21.6 Å². The summed E-state index contributed by atoms with van der Waals surface area (Å²) in [5.41, 5.74) is 2.44. The standard InChI is InChI=1S/C11H13BrN2/c1-11(2,3)8-5-4-6-14-9(12)7-13-10(8)14/h4-7H,1-3H3. The van der Waals surface area contributed by atoms with E-state index in [4.69, 9.17) is 0 Å². The monoisotopic (exact) mass is 252 g/mol. The Morgan fingerprint density at radius 3 is 2.71 bits per heavy atom. The van der Waals surface area contributed by atoms with Crippen LogP contribution in [0.25, 0.3) is 5.65 Å². The molecular weight excluding hydrogens is 240 g/mol. The molecule has 74 valence electrons. The topological polar surface area (TPSA) is 17.3 Å². The number of aromatic nitrogens is 2. The maximum atomic E-state index is 4.40. The molecule has 0 aliphatic carbocycles. The highest BCUT2D eigenvalue weighted by Gasteiger charge is 2.18. The Bertz CT molecular complexity index is 466. The fraction of sp³-hybridized carbons (Fsp3) is 0.364. The van der Waals surface area contributed by atoms with Gasteiger partial charge < -0.3 is 0 Å². The van der Waals surface area contributed by atoms with Gasteiger partial charge in [-0.1, -0.05) is 26.8 Å². The summed E-state index contributed by atoms with van der Waals surface area (Å²) in [5.74, 6) is 0. The zero-order chi connectivity index (χ0) is 10.3. The van der Waals surface area contributed by atoms with Crippen molar-refractivity contribution in [3.63, 3.8) is 0 Å². The van der Waals surface area contributed by atoms with Crippen molar-refractivity contribution in [3.8, 4) is 0 Å². The predicted molar refractivity (Wildman–Crippen MR) is 61.6 cm³/mol. The van der Waals surface area contributed by atoms with Gasteiger partial charge in [0.25, 0.3) is 0 Å². The molecule has 0 saturated heterocycles. The molecule has 14 heavy (non-hydrogen) atoms. The van der Waals surface area contributed by atoms with Gasteiger partial charge in [-0.15, -0.1) is 0 Å². The zero-order valence-corrected chi connectivity index (χ0v) is 10.2. The molecule has 0 aliphatic rings. The first-order valence-electron chi connectivity index (χ1n) is 4.62. The van der Waals surface area contributed by atoms with Gasteiger partial charge in [0.2, 0.25) is 0 Å². The molecule has 0 radical (unpaired) electrons. The summed E-state index contributed by atoms with van der Waals surface area (Å²) in [5, 5.41) is 0. The van der Waals surface area contributed by atoms with Crippen molar-refractivity contribution in [1.29, 1.82) is 0 Å². The number of fused-ring (bicyclic) bond motifs is 1. The van der Waals surface area contributed by atoms with Gasteiger partial charge in [0.1, 0.15) is 10.3 Å². The van der Waals surface area contributed by atoms with E-state index in [1.165, 1.54) is 5.56 Å². The Kier molecular flexibility index (Phi) is 2.14. The van der Waals surface area contributed by atoms with Crippen LogP contribution in [0.4, 0.5) is 0 Å². The zero-order valence-electron chi connectivity index (χ0n) is 8.58. The summed E-state index contributed by atoms with van der Waals surface area (Å²) in [6.07, 6.45) is 3.85. The fourth-order valence-electron chi connectivity index (χ4n) is 1.57. The van der Waals surface area contributed by atoms with Crippen LogP contribution in [0.15, 0.2) is 29.1 Å². The van der Waals surface area contributed by atoms with Gasteiger partial charge in [-0.05, 0) is 27.4 Å². The van der Waals surface area contributed by atoms with Crippen LogP contribution in [0, 0.1) is 0 Å². The Hall–Kier alpha value is -0.830. The highest BCUT2D eigenvalue weighted by Crippen LogP contribution is 2.27. The van der Waals surface area contributed by atoms with Crippen LogP contribution in [-0.2, 0) is 5.41 Å². The van der Waals surface area contributed by atoms with Crippen molar-refractivity contribution in [2.24, 2.45) is 0 Å². The Morgan fingerprint density at radius 1 is 1.36 bits per heavy atom. The minimum atomic E-state index is 0.132. The van der Waals surface area contributed by atoms with E-state index in [9.17, 15) is 0 Å². The van der Waals surface area contributed by atoms with Gasteiger partial charge in [0, 0.05) is 11.8 Å². The van der Waals surface area contributed by atoms with Crippen LogP contribution in [-0.4, -0.2) is 9.38 Å². The molecule has 0 spiro atoms. The highest BCUT2D eigenvalue weighted by molar-refractivity contribution is 9.10. The van der Waals surface area contributed by atoms with Crippen molar-refractivity contribution in [1.82, 2.24) is 9.38 Å². The summed E-state index contributed by atoms with van der Waals surface area (Å²) >= 11 is 3.47. The first-order chi connectivity index (χ1) is 6.50. The van der Waals surface area contributed by atoms with E-state index in [0.29, 0.717) is 0 Å². The van der Waals surface area contributed by atoms with Gasteiger partial charge in [-0.25, -0.2) is 4.98 Å². The summed E-state index contributed by atoms with van der Waals surface area (Å²) < 4.78 is 3.05. The summed E-state index contributed by atoms with van der Waals surface area (Å²) in [6, 6.07) is 4.19. The molecule has 2 aromatic rings. The summed E-state index contributed by atoms with van der Waals surface area (Å²) in [6.45, 7) is 6.60. The van der Waals surface area contributed by atoms with Crippen molar-refractivity contribution < 1.29 is 0 Å². The normalized spacial score (nSPS) is 12.3. The van der Waals surface area contributed by atoms with E-state index in [1.807, 2.05) is 12.4 Å². The number of pyridine rings is 1. The van der Waals surface area contributed by atoms with Crippen LogP contribution < -0.4 is 0 Å². The third kappa shape index (κ3) is 1.46. The van der Waals surface area contributed by atoms with E-state index >= 15 is 0 Å². The first-order valence-corrected chi connectivity index (χ1v) is 5.41. The third-order valence-corrected chi connectivity index (χ3v) is 2.89. The number of halogens is 1. The van der Waals surface area contributed by atoms with Crippen LogP contribution >= 0.6 is 15.9 Å². The molecule has 2 rings (SSSR count). The number of rotatable bonds is 0. The molecule has 2 heterocycles. The SMILES string of the molecule is CC(C)(C)c1cccn2c(Br)cnc12. The molecule has 0 unspecified atom stereocenters. The maximum Gasteiger partial charge on any atom is 0.141 e. The lowest BCUT2D eigenvalue weighted by atomic mass is 9.88. The average Bonchev–Trinajstić information content (AvgIpc) is 2.46. The molecule has 2 aromatic heterocycles. The highest BCUT2D eigenvalue weighted by atomic mass is 79.9. The van der Waals surface area contributed by atoms with Crippen LogP contribution in [0.1, 0.15) is 26.3 Å². The van der Waals surface area contributed by atoms with Gasteiger partial charge >= 0.3 is 0 Å². The van der Waals surface area contributed by atoms with Gasteiger partial charge in [0.05, 0.1) is 6.20 Å². The van der Waals surface area contributed by atoms with E-state index in [2.05, 4.69) is 58.2 Å². The van der Waals surface area contributed by atoms with Crippen molar-refractivity contribution in [3.05, 3.63) is 34.7 Å². The lowest BCUT2D eigenvalue weighted by Gasteiger charge is -2.19. The first kappa shape index (κ1) is 9.71. The molecule has 0 fully saturated rings. The molecule has 0 bridgehead atoms. The largest absolute Gasteiger partial charge is 0.294 e. The smallest absolute Gasteiger partial charge is 0.141 e. The molecule has 0 amide bonds. The molecule has 0 atom stereocenters. The Labute approximate surface area is 92.1 Å². The second kappa shape index (κ2) is 3.09. The van der Waals surface area contributed by atoms with Crippen molar-refractivity contribution in [2.75, 3.05) is 0 Å². The maximum absolute atomic E-state index is 4.40. The Balaban J connectivity index is 2.79. The molecular formula is C11H13BrN2. The second-order valence-corrected chi connectivity index (χ2v) is 5.26. The minimum Gasteiger partial charge on any atom is -0.294 e. The van der Waals surface area contributed by atoms with Crippen molar-refractivity contribution in [2.45, 2.75) is 26.2 Å². The van der Waals surface area contributed by atoms with Gasteiger partial charge in [-0.2, -0.15) is 0 Å². The van der Waals surface area contributed by atoms with E-state index < -0.39 is 0 Å². The lowest BCUT2D eigenvalue weighted by molar-refractivity contribution is 0.591. The molecule has 2 nitrogen and oxygen atoms in total. The molecule has 0 N–H and O–H groups in total. The molecule has 3 heteroatoms. The number of nitrogens with zero attached hydrogens (tertiary/aromatic N) is 2. The fourth-order valence-corrected chi connectivity index (χ4v) is 1.95. The minimum absolute atomic E-state index is 0.132. The predicted octanol–water partition coefficient (Wildman–Crippen LogP) is 3.39. The van der Waals surface area contributed by atoms with E-state index in [0.717, 1.165) is 10.3 Å². The van der Waals surface area contributed by atoms with E-state index in [1.54, 1.807) is 0 Å². The van der Waals surface area contributed by atoms with Crippen LogP contribution in [0.3, 0.4) is 0 Å². The third-order valence-electron chi connectivity index (χ3n) is 2.30. The second-order valence-electron chi connectivity index (χ2n) is 4.45. The molecule has 0 aliphatic heterocycles.